The minimum absolute atomic E-state index is 0.166. The topological polar surface area (TPSA) is 112 Å². The first-order valence-corrected chi connectivity index (χ1v) is 19.8. The van der Waals surface area contributed by atoms with E-state index in [9.17, 15) is 9.59 Å². The molecule has 0 atom stereocenters. The molecular weight excluding hydrogens is 596 g/mol. The Balaban J connectivity index is 0.000000256. The monoisotopic (exact) mass is 667 g/mol. The van der Waals surface area contributed by atoms with Gasteiger partial charge in [0.25, 0.3) is 0 Å². The average Bonchev–Trinajstić information content (AvgIpc) is 3.10. The van der Waals surface area contributed by atoms with Crippen LogP contribution in [0.15, 0.2) is 0 Å². The molecule has 0 aromatic rings. The number of aliphatic carboxylic acids is 2. The summed E-state index contributed by atoms with van der Waals surface area (Å²) < 4.78 is 22.7. The van der Waals surface area contributed by atoms with Gasteiger partial charge in [0.1, 0.15) is 11.8 Å². The highest BCUT2D eigenvalue weighted by Gasteiger charge is 2.35. The molecule has 4 fully saturated rings. The Labute approximate surface area is 286 Å². The molecule has 0 aromatic carbocycles. The Hall–Kier alpha value is -1.22. The molecule has 0 aromatic heterocycles. The number of rotatable bonds is 19. The molecule has 47 heavy (non-hydrogen) atoms. The van der Waals surface area contributed by atoms with Gasteiger partial charge in [0, 0.05) is 11.8 Å². The predicted octanol–water partition coefficient (Wildman–Crippen LogP) is 9.62. The van der Waals surface area contributed by atoms with Crippen LogP contribution in [-0.2, 0) is 28.5 Å². The van der Waals surface area contributed by atoms with Crippen molar-refractivity contribution in [2.75, 3.05) is 26.4 Å². The summed E-state index contributed by atoms with van der Waals surface area (Å²) in [6, 6.07) is 0. The van der Waals surface area contributed by atoms with E-state index in [1.165, 1.54) is 148 Å². The highest BCUT2D eigenvalue weighted by atomic mass is 16.7. The SMILES string of the molecule is CCCCCCCCC[C@H]1CC[C@H](C2OCC(C(=O)O)CO2)CC1.CCCCCCCC[C@H]1CC[C@H](C2OCC(C(=O)O)CO2)CC1. The summed E-state index contributed by atoms with van der Waals surface area (Å²) in [7, 11) is 0. The van der Waals surface area contributed by atoms with E-state index in [-0.39, 0.29) is 12.6 Å². The molecule has 0 spiro atoms. The Kier molecular flexibility index (Phi) is 20.5. The van der Waals surface area contributed by atoms with E-state index >= 15 is 0 Å². The highest BCUT2D eigenvalue weighted by Crippen LogP contribution is 2.37. The minimum atomic E-state index is -0.814. The fraction of sp³-hybridized carbons (Fsp3) is 0.949. The van der Waals surface area contributed by atoms with Crippen molar-refractivity contribution < 1.29 is 38.7 Å². The van der Waals surface area contributed by atoms with Crippen LogP contribution < -0.4 is 0 Å². The second kappa shape index (κ2) is 24.0. The van der Waals surface area contributed by atoms with Crippen LogP contribution >= 0.6 is 0 Å². The van der Waals surface area contributed by atoms with Gasteiger partial charge in [-0.25, -0.2) is 0 Å². The fourth-order valence-electron chi connectivity index (χ4n) is 7.97. The maximum absolute atomic E-state index is 10.9. The molecule has 4 rings (SSSR count). The second-order valence-corrected chi connectivity index (χ2v) is 15.2. The van der Waals surface area contributed by atoms with Crippen molar-refractivity contribution in [2.24, 2.45) is 35.5 Å². The third kappa shape index (κ3) is 15.9. The number of ether oxygens (including phenoxy) is 4. The molecule has 2 aliphatic carbocycles. The number of carbonyl (C=O) groups is 2. The largest absolute Gasteiger partial charge is 0.481 e. The van der Waals surface area contributed by atoms with Crippen LogP contribution in [-0.4, -0.2) is 61.2 Å². The van der Waals surface area contributed by atoms with E-state index in [2.05, 4.69) is 13.8 Å². The normalized spacial score (nSPS) is 31.4. The van der Waals surface area contributed by atoms with E-state index in [0.717, 1.165) is 11.8 Å². The molecule has 8 nitrogen and oxygen atoms in total. The van der Waals surface area contributed by atoms with Crippen molar-refractivity contribution >= 4 is 11.9 Å². The molecule has 8 heteroatoms. The van der Waals surface area contributed by atoms with Crippen LogP contribution in [0, 0.1) is 35.5 Å². The molecule has 2 aliphatic heterocycles. The van der Waals surface area contributed by atoms with E-state index < -0.39 is 23.8 Å². The van der Waals surface area contributed by atoms with Crippen molar-refractivity contribution in [3.8, 4) is 0 Å². The first-order chi connectivity index (χ1) is 22.9. The summed E-state index contributed by atoms with van der Waals surface area (Å²) >= 11 is 0. The molecule has 2 saturated carbocycles. The van der Waals surface area contributed by atoms with Crippen LogP contribution in [0.2, 0.25) is 0 Å². The van der Waals surface area contributed by atoms with Gasteiger partial charge < -0.3 is 29.2 Å². The first kappa shape index (κ1) is 40.2. The summed E-state index contributed by atoms with van der Waals surface area (Å²) in [6.45, 7) is 5.75. The molecule has 4 aliphatic rings. The Bertz CT molecular complexity index is 804. The smallest absolute Gasteiger partial charge is 0.311 e. The van der Waals surface area contributed by atoms with Gasteiger partial charge in [0.15, 0.2) is 12.6 Å². The summed E-state index contributed by atoms with van der Waals surface area (Å²) in [5, 5.41) is 17.9. The van der Waals surface area contributed by atoms with Crippen molar-refractivity contribution in [1.82, 2.24) is 0 Å². The standard InChI is InChI=1S/C20H36O4.C19H34O4/c1-2-3-4-5-6-7-8-9-16-10-12-17(13-11-16)20-23-14-18(15-24-20)19(21)22;1-2-3-4-5-6-7-8-15-9-11-16(12-10-15)19-22-13-17(14-23-19)18(20)21/h16-18,20H,2-15H2,1H3,(H,21,22);15-17,19H,2-14H2,1H3,(H,20,21)/t16-,17-,18?,20?;15-,16-,17?,19?. The van der Waals surface area contributed by atoms with Crippen molar-refractivity contribution in [1.29, 1.82) is 0 Å². The predicted molar refractivity (Wildman–Crippen MR) is 185 cm³/mol. The number of carboxylic acid groups (broad SMARTS) is 2. The number of hydrogen-bond acceptors (Lipinski definition) is 6. The average molecular weight is 667 g/mol. The van der Waals surface area contributed by atoms with Crippen molar-refractivity contribution in [3.63, 3.8) is 0 Å². The lowest BCUT2D eigenvalue weighted by Gasteiger charge is -2.36. The summed E-state index contributed by atoms with van der Waals surface area (Å²) in [6.07, 6.45) is 30.3. The molecule has 2 N–H and O–H groups in total. The fourth-order valence-corrected chi connectivity index (χ4v) is 7.97. The zero-order valence-corrected chi connectivity index (χ0v) is 30.1. The molecule has 2 heterocycles. The van der Waals surface area contributed by atoms with Gasteiger partial charge in [-0.2, -0.15) is 0 Å². The van der Waals surface area contributed by atoms with Crippen LogP contribution in [0.25, 0.3) is 0 Å². The number of carboxylic acids is 2. The maximum atomic E-state index is 10.9. The van der Waals surface area contributed by atoms with Crippen LogP contribution in [0.5, 0.6) is 0 Å². The minimum Gasteiger partial charge on any atom is -0.481 e. The van der Waals surface area contributed by atoms with E-state index in [1.54, 1.807) is 0 Å². The van der Waals surface area contributed by atoms with E-state index in [1.807, 2.05) is 0 Å². The van der Waals surface area contributed by atoms with Gasteiger partial charge in [0.2, 0.25) is 0 Å². The highest BCUT2D eigenvalue weighted by molar-refractivity contribution is 5.70. The van der Waals surface area contributed by atoms with E-state index in [0.29, 0.717) is 38.3 Å². The van der Waals surface area contributed by atoms with Gasteiger partial charge in [-0.05, 0) is 63.2 Å². The molecule has 2 saturated heterocycles. The molecule has 0 bridgehead atoms. The molecular formula is C39H70O8. The molecule has 274 valence electrons. The first-order valence-electron chi connectivity index (χ1n) is 19.8. The summed E-state index contributed by atoms with van der Waals surface area (Å²) in [4.78, 5) is 21.8. The molecule has 0 unspecified atom stereocenters. The van der Waals surface area contributed by atoms with Gasteiger partial charge in [-0.3, -0.25) is 9.59 Å². The van der Waals surface area contributed by atoms with Crippen molar-refractivity contribution in [3.05, 3.63) is 0 Å². The van der Waals surface area contributed by atoms with Gasteiger partial charge in [0.05, 0.1) is 26.4 Å². The van der Waals surface area contributed by atoms with Gasteiger partial charge >= 0.3 is 11.9 Å². The third-order valence-corrected chi connectivity index (χ3v) is 11.3. The lowest BCUT2D eigenvalue weighted by molar-refractivity contribution is -0.232. The Morgan fingerprint density at radius 1 is 0.468 bits per heavy atom. The molecule has 0 radical (unpaired) electrons. The van der Waals surface area contributed by atoms with Crippen LogP contribution in [0.3, 0.4) is 0 Å². The lowest BCUT2D eigenvalue weighted by atomic mass is 9.79. The quantitative estimate of drug-likeness (QED) is 0.131. The number of unbranched alkanes of at least 4 members (excludes halogenated alkanes) is 11. The zero-order chi connectivity index (χ0) is 33.7. The second-order valence-electron chi connectivity index (χ2n) is 15.2. The van der Waals surface area contributed by atoms with Gasteiger partial charge in [-0.1, -0.05) is 110 Å². The Morgan fingerprint density at radius 3 is 1.06 bits per heavy atom. The Morgan fingerprint density at radius 2 is 0.766 bits per heavy atom. The maximum Gasteiger partial charge on any atom is 0.311 e. The summed E-state index contributed by atoms with van der Waals surface area (Å²) in [5.41, 5.74) is 0. The van der Waals surface area contributed by atoms with E-state index in [4.69, 9.17) is 29.2 Å². The summed E-state index contributed by atoms with van der Waals surface area (Å²) in [5.74, 6) is 0.0822. The van der Waals surface area contributed by atoms with Crippen LogP contribution in [0.4, 0.5) is 0 Å². The zero-order valence-electron chi connectivity index (χ0n) is 30.1. The van der Waals surface area contributed by atoms with Gasteiger partial charge in [-0.15, -0.1) is 0 Å². The number of hydrogen-bond donors (Lipinski definition) is 2. The van der Waals surface area contributed by atoms with Crippen LogP contribution in [0.1, 0.15) is 162 Å². The van der Waals surface area contributed by atoms with Crippen molar-refractivity contribution in [2.45, 2.75) is 174 Å². The molecule has 0 amide bonds. The lowest BCUT2D eigenvalue weighted by Crippen LogP contribution is -2.41. The third-order valence-electron chi connectivity index (χ3n) is 11.3.